The SMILES string of the molecule is COCC(F)(CCCN)CCS(=O)(=O)C(C)C. The van der Waals surface area contributed by atoms with Crippen molar-refractivity contribution in [1.29, 1.82) is 0 Å². The van der Waals surface area contributed by atoms with Gasteiger partial charge in [-0.2, -0.15) is 0 Å². The third kappa shape index (κ3) is 6.33. The molecule has 4 nitrogen and oxygen atoms in total. The molecule has 1 unspecified atom stereocenters. The maximum Gasteiger partial charge on any atom is 0.152 e. The lowest BCUT2D eigenvalue weighted by Crippen LogP contribution is -2.33. The van der Waals surface area contributed by atoms with Gasteiger partial charge in [-0.3, -0.25) is 0 Å². The largest absolute Gasteiger partial charge is 0.381 e. The Morgan fingerprint density at radius 3 is 2.35 bits per heavy atom. The Hall–Kier alpha value is -0.200. The van der Waals surface area contributed by atoms with Gasteiger partial charge in [0.05, 0.1) is 17.6 Å². The van der Waals surface area contributed by atoms with Crippen molar-refractivity contribution in [2.75, 3.05) is 26.0 Å². The van der Waals surface area contributed by atoms with Crippen molar-refractivity contribution in [2.24, 2.45) is 5.73 Å². The van der Waals surface area contributed by atoms with Crippen LogP contribution in [0.2, 0.25) is 0 Å². The van der Waals surface area contributed by atoms with Crippen molar-refractivity contribution >= 4 is 9.84 Å². The van der Waals surface area contributed by atoms with Crippen molar-refractivity contribution in [3.05, 3.63) is 0 Å². The van der Waals surface area contributed by atoms with Crippen molar-refractivity contribution < 1.29 is 17.5 Å². The zero-order chi connectivity index (χ0) is 13.5. The van der Waals surface area contributed by atoms with Gasteiger partial charge in [-0.05, 0) is 39.7 Å². The lowest BCUT2D eigenvalue weighted by atomic mass is 9.98. The molecule has 0 saturated heterocycles. The monoisotopic (exact) mass is 269 g/mol. The van der Waals surface area contributed by atoms with Gasteiger partial charge in [0.2, 0.25) is 0 Å². The minimum Gasteiger partial charge on any atom is -0.381 e. The highest BCUT2D eigenvalue weighted by Gasteiger charge is 2.31. The zero-order valence-corrected chi connectivity index (χ0v) is 11.7. The summed E-state index contributed by atoms with van der Waals surface area (Å²) in [5.41, 5.74) is 3.75. The number of sulfone groups is 1. The van der Waals surface area contributed by atoms with E-state index in [1.807, 2.05) is 0 Å². The van der Waals surface area contributed by atoms with Gasteiger partial charge in [0.25, 0.3) is 0 Å². The molecule has 6 heteroatoms. The van der Waals surface area contributed by atoms with Crippen molar-refractivity contribution in [3.8, 4) is 0 Å². The normalized spacial score (nSPS) is 16.1. The van der Waals surface area contributed by atoms with Gasteiger partial charge in [-0.1, -0.05) is 0 Å². The number of alkyl halides is 1. The molecular formula is C11H24FNO3S. The van der Waals surface area contributed by atoms with Crippen LogP contribution < -0.4 is 5.73 Å². The van der Waals surface area contributed by atoms with E-state index in [2.05, 4.69) is 0 Å². The molecule has 0 radical (unpaired) electrons. The molecule has 17 heavy (non-hydrogen) atoms. The van der Waals surface area contributed by atoms with E-state index in [1.54, 1.807) is 13.8 Å². The molecule has 0 aromatic rings. The van der Waals surface area contributed by atoms with E-state index in [0.717, 1.165) is 0 Å². The van der Waals surface area contributed by atoms with Crippen molar-refractivity contribution in [2.45, 2.75) is 44.0 Å². The molecule has 0 rings (SSSR count). The average molecular weight is 269 g/mol. The second kappa shape index (κ2) is 7.28. The summed E-state index contributed by atoms with van der Waals surface area (Å²) < 4.78 is 42.4. The Bertz CT molecular complexity index is 306. The molecule has 0 fully saturated rings. The molecule has 0 aliphatic rings. The number of rotatable bonds is 9. The van der Waals surface area contributed by atoms with Crippen LogP contribution in [0.15, 0.2) is 0 Å². The van der Waals surface area contributed by atoms with E-state index in [1.165, 1.54) is 7.11 Å². The Morgan fingerprint density at radius 2 is 1.94 bits per heavy atom. The van der Waals surface area contributed by atoms with Crippen LogP contribution in [0.4, 0.5) is 4.39 Å². The van der Waals surface area contributed by atoms with E-state index >= 15 is 0 Å². The summed E-state index contributed by atoms with van der Waals surface area (Å²) in [5.74, 6) is -0.144. The third-order valence-electron chi connectivity index (χ3n) is 2.78. The summed E-state index contributed by atoms with van der Waals surface area (Å²) in [6.07, 6.45) is 0.744. The maximum atomic E-state index is 14.3. The lowest BCUT2D eigenvalue weighted by Gasteiger charge is -2.24. The molecule has 0 bridgehead atoms. The Balaban J connectivity index is 4.45. The lowest BCUT2D eigenvalue weighted by molar-refractivity contribution is 0.0309. The fourth-order valence-electron chi connectivity index (χ4n) is 1.51. The van der Waals surface area contributed by atoms with Crippen LogP contribution in [0.1, 0.15) is 33.1 Å². The van der Waals surface area contributed by atoms with E-state index < -0.39 is 20.8 Å². The number of hydrogen-bond donors (Lipinski definition) is 1. The molecule has 0 saturated carbocycles. The second-order valence-electron chi connectivity index (χ2n) is 4.64. The Labute approximate surface area is 104 Å². The fraction of sp³-hybridized carbons (Fsp3) is 1.00. The molecule has 0 amide bonds. The Kier molecular flexibility index (Phi) is 7.20. The summed E-state index contributed by atoms with van der Waals surface area (Å²) >= 11 is 0. The van der Waals surface area contributed by atoms with Gasteiger partial charge in [-0.15, -0.1) is 0 Å². The van der Waals surface area contributed by atoms with Crippen LogP contribution in [0.5, 0.6) is 0 Å². The van der Waals surface area contributed by atoms with E-state index in [-0.39, 0.29) is 25.2 Å². The molecule has 2 N–H and O–H groups in total. The summed E-state index contributed by atoms with van der Waals surface area (Å²) in [4.78, 5) is 0. The molecule has 0 heterocycles. The van der Waals surface area contributed by atoms with Gasteiger partial charge in [0.15, 0.2) is 9.84 Å². The molecule has 0 aromatic heterocycles. The average Bonchev–Trinajstić information content (AvgIpc) is 2.24. The molecule has 0 aliphatic carbocycles. The van der Waals surface area contributed by atoms with Crippen LogP contribution in [0.3, 0.4) is 0 Å². The number of ether oxygens (including phenoxy) is 1. The smallest absolute Gasteiger partial charge is 0.152 e. The zero-order valence-electron chi connectivity index (χ0n) is 10.9. The van der Waals surface area contributed by atoms with Crippen molar-refractivity contribution in [1.82, 2.24) is 0 Å². The number of halogens is 1. The van der Waals surface area contributed by atoms with Gasteiger partial charge < -0.3 is 10.5 Å². The first-order chi connectivity index (χ1) is 7.77. The standard InChI is InChI=1S/C11H24FNO3S/c1-10(2)17(14,15)8-6-11(12,9-16-3)5-4-7-13/h10H,4-9,13H2,1-3H3. The predicted molar refractivity (Wildman–Crippen MR) is 67.5 cm³/mol. The molecular weight excluding hydrogens is 245 g/mol. The maximum absolute atomic E-state index is 14.3. The van der Waals surface area contributed by atoms with E-state index in [4.69, 9.17) is 10.5 Å². The van der Waals surface area contributed by atoms with Gasteiger partial charge in [0.1, 0.15) is 5.67 Å². The molecule has 0 aromatic carbocycles. The van der Waals surface area contributed by atoms with Gasteiger partial charge in [-0.25, -0.2) is 12.8 Å². The van der Waals surface area contributed by atoms with Crippen LogP contribution in [0, 0.1) is 0 Å². The minimum atomic E-state index is -3.20. The first-order valence-electron chi connectivity index (χ1n) is 5.87. The van der Waals surface area contributed by atoms with Gasteiger partial charge >= 0.3 is 0 Å². The summed E-state index contributed by atoms with van der Waals surface area (Å²) in [5, 5.41) is -0.469. The highest BCUT2D eigenvalue weighted by molar-refractivity contribution is 7.91. The quantitative estimate of drug-likeness (QED) is 0.685. The van der Waals surface area contributed by atoms with Crippen LogP contribution in [-0.4, -0.2) is 45.4 Å². The summed E-state index contributed by atoms with van der Waals surface area (Å²) in [7, 11) is -1.79. The van der Waals surface area contributed by atoms with Gasteiger partial charge in [0, 0.05) is 7.11 Å². The van der Waals surface area contributed by atoms with Crippen LogP contribution in [-0.2, 0) is 14.6 Å². The second-order valence-corrected chi connectivity index (χ2v) is 7.32. The summed E-state index contributed by atoms with van der Waals surface area (Å²) in [6.45, 7) is 3.52. The summed E-state index contributed by atoms with van der Waals surface area (Å²) in [6, 6.07) is 0. The topological polar surface area (TPSA) is 69.4 Å². The number of methoxy groups -OCH3 is 1. The first kappa shape index (κ1) is 16.8. The molecule has 0 aliphatic heterocycles. The van der Waals surface area contributed by atoms with Crippen molar-refractivity contribution in [3.63, 3.8) is 0 Å². The molecule has 1 atom stereocenters. The van der Waals surface area contributed by atoms with E-state index in [9.17, 15) is 12.8 Å². The highest BCUT2D eigenvalue weighted by atomic mass is 32.2. The molecule has 0 spiro atoms. The first-order valence-corrected chi connectivity index (χ1v) is 7.58. The Morgan fingerprint density at radius 1 is 1.35 bits per heavy atom. The fourth-order valence-corrected chi connectivity index (χ4v) is 2.63. The number of hydrogen-bond acceptors (Lipinski definition) is 4. The highest BCUT2D eigenvalue weighted by Crippen LogP contribution is 2.24. The van der Waals surface area contributed by atoms with Crippen LogP contribution >= 0.6 is 0 Å². The third-order valence-corrected chi connectivity index (χ3v) is 4.99. The molecule has 104 valence electrons. The minimum absolute atomic E-state index is 0.0264. The number of nitrogens with two attached hydrogens (primary N) is 1. The predicted octanol–water partition coefficient (Wildman–Crippen LogP) is 1.29. The van der Waals surface area contributed by atoms with E-state index in [0.29, 0.717) is 13.0 Å². The van der Waals surface area contributed by atoms with Crippen LogP contribution in [0.25, 0.3) is 0 Å².